The van der Waals surface area contributed by atoms with Gasteiger partial charge in [0.2, 0.25) is 6.23 Å². The van der Waals surface area contributed by atoms with Crippen LogP contribution in [0.2, 0.25) is 0 Å². The Morgan fingerprint density at radius 1 is 1.38 bits per heavy atom. The molecule has 29 heavy (non-hydrogen) atoms. The Labute approximate surface area is 177 Å². The first kappa shape index (κ1) is 20.6. The Balaban J connectivity index is 2.23. The molecule has 7 heteroatoms. The number of nitrogens with zero attached hydrogens (tertiary/aromatic N) is 2. The Morgan fingerprint density at radius 2 is 2.10 bits per heavy atom. The lowest BCUT2D eigenvalue weighted by Gasteiger charge is -2.43. The molecule has 3 rings (SSSR count). The van der Waals surface area contributed by atoms with Gasteiger partial charge in [-0.3, -0.25) is 4.79 Å². The zero-order chi connectivity index (χ0) is 21.0. The maximum absolute atomic E-state index is 13.5. The number of nitriles is 1. The molecule has 0 fully saturated rings. The van der Waals surface area contributed by atoms with Crippen LogP contribution >= 0.6 is 15.9 Å². The molecule has 2 aromatic rings. The smallest absolute Gasteiger partial charge is 0.417 e. The number of ether oxygens (including phenoxy) is 2. The van der Waals surface area contributed by atoms with E-state index in [-0.39, 0.29) is 18.6 Å². The Hall–Kier alpha value is -3.11. The normalized spacial score (nSPS) is 20.0. The molecule has 0 unspecified atom stereocenters. The average molecular weight is 455 g/mol. The highest BCUT2D eigenvalue weighted by atomic mass is 79.9. The second-order valence-corrected chi connectivity index (χ2v) is 7.34. The van der Waals surface area contributed by atoms with Crippen LogP contribution in [0.3, 0.4) is 0 Å². The van der Waals surface area contributed by atoms with Crippen LogP contribution in [0.25, 0.3) is 0 Å². The van der Waals surface area contributed by atoms with Crippen LogP contribution in [0.4, 0.5) is 10.5 Å². The highest BCUT2D eigenvalue weighted by Gasteiger charge is 2.56. The summed E-state index contributed by atoms with van der Waals surface area (Å²) in [5.41, 5.74) is -0.957. The number of Topliss-reactive ketones (excluding diaryl/α,β-unsaturated/α-hetero) is 1. The number of anilines is 1. The number of ketones is 1. The van der Waals surface area contributed by atoms with Gasteiger partial charge >= 0.3 is 6.09 Å². The number of allylic oxidation sites excluding steroid dienone is 1. The van der Waals surface area contributed by atoms with E-state index in [9.17, 15) is 14.9 Å². The van der Waals surface area contributed by atoms with Crippen LogP contribution < -0.4 is 9.64 Å². The number of carbonyl (C=O) groups excluding carboxylic acids is 2. The lowest BCUT2D eigenvalue weighted by atomic mass is 9.74. The molecule has 0 aliphatic carbocycles. The fourth-order valence-electron chi connectivity index (χ4n) is 3.32. The largest absolute Gasteiger partial charge is 0.467 e. The molecule has 2 atom stereocenters. The van der Waals surface area contributed by atoms with Crippen LogP contribution in [0.5, 0.6) is 5.75 Å². The standard InChI is InChI=1S/C22H19BrN2O4/c1-3-12-22(14-24)19(26)17-13-15(23)10-11-18(17)29-20(22)25(21(27)28-4-2)16-8-6-5-7-9-16/h3,5-11,13,20H,1,4,12H2,2H3/t20-,22+/m1/s1. The van der Waals surface area contributed by atoms with Gasteiger partial charge in [-0.15, -0.1) is 6.58 Å². The van der Waals surface area contributed by atoms with E-state index in [2.05, 4.69) is 28.6 Å². The SMILES string of the molecule is C=CC[C@]1(C#N)C(=O)c2cc(Br)ccc2O[C@H]1N(C(=O)OCC)c1ccccc1. The van der Waals surface area contributed by atoms with Crippen molar-refractivity contribution in [1.29, 1.82) is 5.26 Å². The van der Waals surface area contributed by atoms with Gasteiger partial charge < -0.3 is 9.47 Å². The first-order chi connectivity index (χ1) is 14.0. The fourth-order valence-corrected chi connectivity index (χ4v) is 3.68. The van der Waals surface area contributed by atoms with Crippen molar-refractivity contribution < 1.29 is 19.1 Å². The zero-order valence-electron chi connectivity index (χ0n) is 15.8. The van der Waals surface area contributed by atoms with Crippen molar-refractivity contribution in [3.05, 3.63) is 71.2 Å². The van der Waals surface area contributed by atoms with Gasteiger partial charge in [0, 0.05) is 4.47 Å². The van der Waals surface area contributed by atoms with E-state index in [0.29, 0.717) is 15.9 Å². The molecular weight excluding hydrogens is 436 g/mol. The van der Waals surface area contributed by atoms with E-state index >= 15 is 0 Å². The van der Waals surface area contributed by atoms with Crippen LogP contribution in [-0.2, 0) is 4.74 Å². The molecule has 1 heterocycles. The minimum absolute atomic E-state index is 0.00168. The highest BCUT2D eigenvalue weighted by Crippen LogP contribution is 2.44. The molecule has 0 bridgehead atoms. The third-order valence-corrected chi connectivity index (χ3v) is 5.14. The van der Waals surface area contributed by atoms with E-state index in [4.69, 9.17) is 9.47 Å². The predicted molar refractivity (Wildman–Crippen MR) is 112 cm³/mol. The molecule has 1 aliphatic heterocycles. The summed E-state index contributed by atoms with van der Waals surface area (Å²) in [5, 5.41) is 10.1. The molecule has 2 aromatic carbocycles. The molecule has 0 N–H and O–H groups in total. The summed E-state index contributed by atoms with van der Waals surface area (Å²) in [5.74, 6) is -0.138. The van der Waals surface area contributed by atoms with Gasteiger partial charge in [-0.25, -0.2) is 9.69 Å². The van der Waals surface area contributed by atoms with Gasteiger partial charge in [-0.1, -0.05) is 40.2 Å². The number of halogens is 1. The van der Waals surface area contributed by atoms with E-state index < -0.39 is 23.5 Å². The number of amides is 1. The Morgan fingerprint density at radius 3 is 2.72 bits per heavy atom. The van der Waals surface area contributed by atoms with Gasteiger partial charge in [0.05, 0.1) is 23.9 Å². The summed E-state index contributed by atoms with van der Waals surface area (Å²) in [6.45, 7) is 5.52. The summed E-state index contributed by atoms with van der Waals surface area (Å²) < 4.78 is 12.0. The van der Waals surface area contributed by atoms with Gasteiger partial charge in [0.25, 0.3) is 0 Å². The molecule has 0 spiro atoms. The first-order valence-electron chi connectivity index (χ1n) is 9.02. The fraction of sp³-hybridized carbons (Fsp3) is 0.227. The van der Waals surface area contributed by atoms with Crippen LogP contribution in [-0.4, -0.2) is 24.7 Å². The topological polar surface area (TPSA) is 79.6 Å². The average Bonchev–Trinajstić information content (AvgIpc) is 2.72. The Bertz CT molecular complexity index is 986. The molecule has 148 valence electrons. The number of carbonyl (C=O) groups is 2. The monoisotopic (exact) mass is 454 g/mol. The maximum atomic E-state index is 13.5. The third-order valence-electron chi connectivity index (χ3n) is 4.65. The van der Waals surface area contributed by atoms with Crippen molar-refractivity contribution in [2.45, 2.75) is 19.6 Å². The van der Waals surface area contributed by atoms with Crippen LogP contribution in [0.15, 0.2) is 65.7 Å². The van der Waals surface area contributed by atoms with E-state index in [1.165, 1.54) is 11.0 Å². The number of rotatable bonds is 5. The second kappa shape index (κ2) is 8.50. The summed E-state index contributed by atoms with van der Waals surface area (Å²) >= 11 is 3.35. The van der Waals surface area contributed by atoms with E-state index in [0.717, 1.165) is 0 Å². The molecule has 1 amide bonds. The summed E-state index contributed by atoms with van der Waals surface area (Å²) in [7, 11) is 0. The number of hydrogen-bond acceptors (Lipinski definition) is 5. The van der Waals surface area contributed by atoms with Gasteiger partial charge in [-0.2, -0.15) is 5.26 Å². The number of hydrogen-bond donors (Lipinski definition) is 0. The summed E-state index contributed by atoms with van der Waals surface area (Å²) in [6, 6.07) is 15.8. The van der Waals surface area contributed by atoms with Gasteiger partial charge in [-0.05, 0) is 43.7 Å². The Kier molecular flexibility index (Phi) is 6.04. The van der Waals surface area contributed by atoms with Gasteiger partial charge in [0.1, 0.15) is 5.75 Å². The molecule has 0 saturated carbocycles. The third kappa shape index (κ3) is 3.64. The van der Waals surface area contributed by atoms with Crippen molar-refractivity contribution in [1.82, 2.24) is 0 Å². The highest BCUT2D eigenvalue weighted by molar-refractivity contribution is 9.10. The van der Waals surface area contributed by atoms with Crippen molar-refractivity contribution in [3.8, 4) is 11.8 Å². The van der Waals surface area contributed by atoms with Gasteiger partial charge in [0.15, 0.2) is 11.2 Å². The van der Waals surface area contributed by atoms with E-state index in [1.54, 1.807) is 55.5 Å². The van der Waals surface area contributed by atoms with Crippen LogP contribution in [0, 0.1) is 16.7 Å². The van der Waals surface area contributed by atoms with Crippen molar-refractivity contribution >= 4 is 33.5 Å². The first-order valence-corrected chi connectivity index (χ1v) is 9.82. The van der Waals surface area contributed by atoms with Crippen LogP contribution in [0.1, 0.15) is 23.7 Å². The summed E-state index contributed by atoms with van der Waals surface area (Å²) in [6.07, 6.45) is -0.454. The minimum atomic E-state index is -1.68. The minimum Gasteiger partial charge on any atom is -0.467 e. The van der Waals surface area contributed by atoms with Crippen molar-refractivity contribution in [2.75, 3.05) is 11.5 Å². The zero-order valence-corrected chi connectivity index (χ0v) is 17.4. The summed E-state index contributed by atoms with van der Waals surface area (Å²) in [4.78, 5) is 27.6. The molecule has 0 aromatic heterocycles. The second-order valence-electron chi connectivity index (χ2n) is 6.42. The number of para-hydroxylation sites is 1. The van der Waals surface area contributed by atoms with Crippen molar-refractivity contribution in [2.24, 2.45) is 5.41 Å². The lowest BCUT2D eigenvalue weighted by molar-refractivity contribution is 0.0439. The van der Waals surface area contributed by atoms with E-state index in [1.807, 2.05) is 0 Å². The quantitative estimate of drug-likeness (QED) is 0.587. The maximum Gasteiger partial charge on any atom is 0.417 e. The molecule has 0 radical (unpaired) electrons. The molecule has 6 nitrogen and oxygen atoms in total. The predicted octanol–water partition coefficient (Wildman–Crippen LogP) is 5.10. The molecule has 0 saturated heterocycles. The molecule has 1 aliphatic rings. The number of fused-ring (bicyclic) bond motifs is 1. The van der Waals surface area contributed by atoms with Crippen molar-refractivity contribution in [3.63, 3.8) is 0 Å². The number of benzene rings is 2. The molecular formula is C22H19BrN2O4. The lowest BCUT2D eigenvalue weighted by Crippen LogP contribution is -2.59.